The van der Waals surface area contributed by atoms with Crippen LogP contribution in [-0.2, 0) is 9.53 Å². The molecule has 1 amide bonds. The Morgan fingerprint density at radius 3 is 2.79 bits per heavy atom. The number of carbonyl (C=O) groups is 2. The highest BCUT2D eigenvalue weighted by Gasteiger charge is 2.29. The molecule has 19 heavy (non-hydrogen) atoms. The van der Waals surface area contributed by atoms with Crippen LogP contribution in [0.1, 0.15) is 36.0 Å². The molecule has 0 aromatic carbocycles. The lowest BCUT2D eigenvalue weighted by Gasteiger charge is -2.35. The molecule has 1 aromatic rings. The summed E-state index contributed by atoms with van der Waals surface area (Å²) in [6, 6.07) is 3.35. The van der Waals surface area contributed by atoms with Gasteiger partial charge in [-0.05, 0) is 31.4 Å². The fourth-order valence-electron chi connectivity index (χ4n) is 2.42. The third-order valence-corrected chi connectivity index (χ3v) is 3.45. The summed E-state index contributed by atoms with van der Waals surface area (Å²) in [4.78, 5) is 29.5. The highest BCUT2D eigenvalue weighted by Crippen LogP contribution is 2.22. The minimum absolute atomic E-state index is 0.0315. The van der Waals surface area contributed by atoms with E-state index in [1.54, 1.807) is 29.4 Å². The maximum Gasteiger partial charge on any atom is 0.307 e. The average Bonchev–Trinajstić information content (AvgIpc) is 2.48. The first-order valence-corrected chi connectivity index (χ1v) is 6.50. The second-order valence-corrected chi connectivity index (χ2v) is 4.66. The van der Waals surface area contributed by atoms with Crippen LogP contribution in [0, 0.1) is 0 Å². The Kier molecular flexibility index (Phi) is 4.49. The highest BCUT2D eigenvalue weighted by atomic mass is 16.5. The van der Waals surface area contributed by atoms with E-state index in [9.17, 15) is 9.59 Å². The average molecular weight is 262 g/mol. The number of pyridine rings is 1. The number of piperidine rings is 1. The van der Waals surface area contributed by atoms with Crippen LogP contribution in [0.3, 0.4) is 0 Å². The summed E-state index contributed by atoms with van der Waals surface area (Å²) >= 11 is 0. The van der Waals surface area contributed by atoms with E-state index >= 15 is 0 Å². The number of amides is 1. The van der Waals surface area contributed by atoms with Crippen LogP contribution < -0.4 is 0 Å². The van der Waals surface area contributed by atoms with Crippen LogP contribution in [0.4, 0.5) is 0 Å². The lowest BCUT2D eigenvalue weighted by atomic mass is 9.98. The Bertz CT molecular complexity index is 447. The number of hydrogen-bond acceptors (Lipinski definition) is 4. The summed E-state index contributed by atoms with van der Waals surface area (Å²) in [7, 11) is 1.38. The van der Waals surface area contributed by atoms with Crippen molar-refractivity contribution in [3.63, 3.8) is 0 Å². The van der Waals surface area contributed by atoms with Gasteiger partial charge in [-0.3, -0.25) is 14.6 Å². The van der Waals surface area contributed by atoms with E-state index in [1.165, 1.54) is 7.11 Å². The maximum atomic E-state index is 12.4. The van der Waals surface area contributed by atoms with Gasteiger partial charge in [0.2, 0.25) is 0 Å². The van der Waals surface area contributed by atoms with Crippen LogP contribution in [0.5, 0.6) is 0 Å². The van der Waals surface area contributed by atoms with Gasteiger partial charge in [0.15, 0.2) is 0 Å². The summed E-state index contributed by atoms with van der Waals surface area (Å²) in [5.74, 6) is -0.296. The largest absolute Gasteiger partial charge is 0.469 e. The van der Waals surface area contributed by atoms with E-state index in [0.29, 0.717) is 12.1 Å². The van der Waals surface area contributed by atoms with E-state index < -0.39 is 0 Å². The molecule has 0 saturated carbocycles. The second kappa shape index (κ2) is 6.31. The molecule has 2 heterocycles. The standard InChI is InChI=1S/C14H18N2O3/c1-19-13(17)10-12-4-2-3-9-16(12)14(18)11-5-7-15-8-6-11/h5-8,12H,2-4,9-10H2,1H3. The zero-order chi connectivity index (χ0) is 13.7. The van der Waals surface area contributed by atoms with E-state index in [0.717, 1.165) is 19.3 Å². The van der Waals surface area contributed by atoms with Gasteiger partial charge in [-0.1, -0.05) is 0 Å². The molecule has 1 aromatic heterocycles. The number of likely N-dealkylation sites (tertiary alicyclic amines) is 1. The highest BCUT2D eigenvalue weighted by molar-refractivity contribution is 5.94. The summed E-state index contributed by atoms with van der Waals surface area (Å²) in [6.45, 7) is 0.697. The monoisotopic (exact) mass is 262 g/mol. The fraction of sp³-hybridized carbons (Fsp3) is 0.500. The van der Waals surface area contributed by atoms with E-state index in [1.807, 2.05) is 0 Å². The van der Waals surface area contributed by atoms with Gasteiger partial charge in [0.05, 0.1) is 13.5 Å². The van der Waals surface area contributed by atoms with Crippen LogP contribution >= 0.6 is 0 Å². The Morgan fingerprint density at radius 1 is 1.37 bits per heavy atom. The van der Waals surface area contributed by atoms with E-state index in [-0.39, 0.29) is 24.3 Å². The Balaban J connectivity index is 2.11. The molecule has 1 fully saturated rings. The molecule has 0 N–H and O–H groups in total. The molecule has 1 aliphatic rings. The van der Waals surface area contributed by atoms with Crippen LogP contribution in [0.25, 0.3) is 0 Å². The van der Waals surface area contributed by atoms with Gasteiger partial charge in [0, 0.05) is 30.5 Å². The lowest BCUT2D eigenvalue weighted by molar-refractivity contribution is -0.142. The molecule has 0 bridgehead atoms. The molecule has 1 unspecified atom stereocenters. The number of methoxy groups -OCH3 is 1. The van der Waals surface area contributed by atoms with Crippen molar-refractivity contribution in [3.8, 4) is 0 Å². The summed E-state index contributed by atoms with van der Waals surface area (Å²) in [5, 5.41) is 0. The summed E-state index contributed by atoms with van der Waals surface area (Å²) < 4.78 is 4.70. The Morgan fingerprint density at radius 2 is 2.11 bits per heavy atom. The third kappa shape index (κ3) is 3.30. The molecule has 1 aliphatic heterocycles. The number of ether oxygens (including phenoxy) is 1. The predicted molar refractivity (Wildman–Crippen MR) is 69.5 cm³/mol. The molecule has 5 heteroatoms. The van der Waals surface area contributed by atoms with Crippen LogP contribution in [0.15, 0.2) is 24.5 Å². The van der Waals surface area contributed by atoms with Crippen molar-refractivity contribution >= 4 is 11.9 Å². The molecule has 5 nitrogen and oxygen atoms in total. The topological polar surface area (TPSA) is 59.5 Å². The minimum Gasteiger partial charge on any atom is -0.469 e. The Hall–Kier alpha value is -1.91. The Labute approximate surface area is 112 Å². The summed E-state index contributed by atoms with van der Waals surface area (Å²) in [6.07, 6.45) is 6.36. The van der Waals surface area contributed by atoms with E-state index in [2.05, 4.69) is 4.98 Å². The molecule has 1 atom stereocenters. The normalized spacial score (nSPS) is 19.0. The molecular weight excluding hydrogens is 244 g/mol. The molecule has 0 radical (unpaired) electrons. The van der Waals surface area contributed by atoms with Crippen molar-refractivity contribution in [1.29, 1.82) is 0 Å². The zero-order valence-corrected chi connectivity index (χ0v) is 11.0. The zero-order valence-electron chi connectivity index (χ0n) is 11.0. The first kappa shape index (κ1) is 13.5. The quantitative estimate of drug-likeness (QED) is 0.777. The number of hydrogen-bond donors (Lipinski definition) is 0. The van der Waals surface area contributed by atoms with Gasteiger partial charge in [0.1, 0.15) is 0 Å². The van der Waals surface area contributed by atoms with Gasteiger partial charge in [-0.2, -0.15) is 0 Å². The molecule has 2 rings (SSSR count). The van der Waals surface area contributed by atoms with Crippen molar-refractivity contribution in [2.75, 3.05) is 13.7 Å². The van der Waals surface area contributed by atoms with E-state index in [4.69, 9.17) is 4.74 Å². The number of aromatic nitrogens is 1. The lowest BCUT2D eigenvalue weighted by Crippen LogP contribution is -2.44. The number of nitrogens with zero attached hydrogens (tertiary/aromatic N) is 2. The third-order valence-electron chi connectivity index (χ3n) is 3.45. The van der Waals surface area contributed by atoms with Gasteiger partial charge >= 0.3 is 5.97 Å². The number of esters is 1. The smallest absolute Gasteiger partial charge is 0.307 e. The van der Waals surface area contributed by atoms with Gasteiger partial charge in [0.25, 0.3) is 5.91 Å². The van der Waals surface area contributed by atoms with Crippen molar-refractivity contribution in [3.05, 3.63) is 30.1 Å². The van der Waals surface area contributed by atoms with Gasteiger partial charge < -0.3 is 9.64 Å². The van der Waals surface area contributed by atoms with Crippen molar-refractivity contribution in [2.24, 2.45) is 0 Å². The molecule has 1 saturated heterocycles. The van der Waals surface area contributed by atoms with Gasteiger partial charge in [-0.25, -0.2) is 0 Å². The maximum absolute atomic E-state index is 12.4. The molecular formula is C14H18N2O3. The van der Waals surface area contributed by atoms with Crippen LogP contribution in [0.2, 0.25) is 0 Å². The summed E-state index contributed by atoms with van der Waals surface area (Å²) in [5.41, 5.74) is 0.617. The second-order valence-electron chi connectivity index (χ2n) is 4.66. The van der Waals surface area contributed by atoms with Crippen LogP contribution in [-0.4, -0.2) is 41.5 Å². The predicted octanol–water partition coefficient (Wildman–Crippen LogP) is 1.64. The number of rotatable bonds is 3. The van der Waals surface area contributed by atoms with Crippen molar-refractivity contribution in [2.45, 2.75) is 31.7 Å². The first-order valence-electron chi connectivity index (χ1n) is 6.50. The number of carbonyl (C=O) groups excluding carboxylic acids is 2. The first-order chi connectivity index (χ1) is 9.22. The molecule has 0 aliphatic carbocycles. The SMILES string of the molecule is COC(=O)CC1CCCCN1C(=O)c1ccncc1. The molecule has 0 spiro atoms. The minimum atomic E-state index is -0.264. The van der Waals surface area contributed by atoms with Crippen molar-refractivity contribution in [1.82, 2.24) is 9.88 Å². The fourth-order valence-corrected chi connectivity index (χ4v) is 2.42. The van der Waals surface area contributed by atoms with Gasteiger partial charge in [-0.15, -0.1) is 0 Å². The van der Waals surface area contributed by atoms with Crippen molar-refractivity contribution < 1.29 is 14.3 Å². The molecule has 102 valence electrons.